The minimum Gasteiger partial charge on any atom is -0.506 e. The van der Waals surface area contributed by atoms with Crippen LogP contribution in [0.5, 0.6) is 5.75 Å². The lowest BCUT2D eigenvalue weighted by Gasteiger charge is -2.10. The van der Waals surface area contributed by atoms with Crippen LogP contribution in [0, 0.1) is 0 Å². The van der Waals surface area contributed by atoms with Crippen molar-refractivity contribution in [3.05, 3.63) is 77.3 Å². The van der Waals surface area contributed by atoms with E-state index >= 15 is 0 Å². The second kappa shape index (κ2) is 7.92. The number of hydrogen-bond donors (Lipinski definition) is 3. The first-order chi connectivity index (χ1) is 13.2. The molecular formula is C20H17ClN2O4S. The molecule has 28 heavy (non-hydrogen) atoms. The van der Waals surface area contributed by atoms with Crippen LogP contribution < -0.4 is 10.0 Å². The molecule has 144 valence electrons. The molecule has 3 N–H and O–H groups in total. The molecule has 8 heteroatoms. The molecule has 3 aromatic carbocycles. The molecule has 0 aliphatic rings. The number of rotatable bonds is 5. The van der Waals surface area contributed by atoms with Gasteiger partial charge in [0.05, 0.1) is 11.9 Å². The molecule has 6 nitrogen and oxygen atoms in total. The molecule has 0 aliphatic carbocycles. The SMILES string of the molecule is CS(=O)(=O)Nc1cc(NC(=O)c2ccc(-c3ccc(Cl)cc3)cc2)ccc1O. The summed E-state index contributed by atoms with van der Waals surface area (Å²) in [6.07, 6.45) is 0.972. The van der Waals surface area contributed by atoms with E-state index in [-0.39, 0.29) is 17.3 Å². The highest BCUT2D eigenvalue weighted by molar-refractivity contribution is 7.92. The van der Waals surface area contributed by atoms with Crippen molar-refractivity contribution in [3.8, 4) is 16.9 Å². The van der Waals surface area contributed by atoms with Crippen LogP contribution in [0.1, 0.15) is 10.4 Å². The number of sulfonamides is 1. The Morgan fingerprint density at radius 1 is 0.929 bits per heavy atom. The van der Waals surface area contributed by atoms with Crippen molar-refractivity contribution in [1.82, 2.24) is 0 Å². The Balaban J connectivity index is 1.76. The summed E-state index contributed by atoms with van der Waals surface area (Å²) in [7, 11) is -3.56. The molecule has 3 rings (SSSR count). The van der Waals surface area contributed by atoms with Crippen molar-refractivity contribution >= 4 is 38.9 Å². The van der Waals surface area contributed by atoms with Gasteiger partial charge in [-0.15, -0.1) is 0 Å². The lowest BCUT2D eigenvalue weighted by Crippen LogP contribution is -2.13. The molecular weight excluding hydrogens is 400 g/mol. The van der Waals surface area contributed by atoms with Crippen LogP contribution in [0.15, 0.2) is 66.7 Å². The summed E-state index contributed by atoms with van der Waals surface area (Å²) in [4.78, 5) is 12.5. The van der Waals surface area contributed by atoms with Crippen LogP contribution in [0.4, 0.5) is 11.4 Å². The lowest BCUT2D eigenvalue weighted by atomic mass is 10.0. The number of anilines is 2. The molecule has 0 bridgehead atoms. The van der Waals surface area contributed by atoms with Gasteiger partial charge in [-0.3, -0.25) is 9.52 Å². The number of amides is 1. The fourth-order valence-electron chi connectivity index (χ4n) is 2.55. The van der Waals surface area contributed by atoms with Crippen LogP contribution in [0.3, 0.4) is 0 Å². The number of carbonyl (C=O) groups is 1. The van der Waals surface area contributed by atoms with Crippen molar-refractivity contribution < 1.29 is 18.3 Å². The second-order valence-electron chi connectivity index (χ2n) is 6.14. The summed E-state index contributed by atoms with van der Waals surface area (Å²) in [5, 5.41) is 13.1. The fraction of sp³-hybridized carbons (Fsp3) is 0.0500. The van der Waals surface area contributed by atoms with Gasteiger partial charge >= 0.3 is 0 Å². The summed E-state index contributed by atoms with van der Waals surface area (Å²) in [5.41, 5.74) is 2.68. The fourth-order valence-corrected chi connectivity index (χ4v) is 3.24. The van der Waals surface area contributed by atoms with Gasteiger partial charge in [0.15, 0.2) is 0 Å². The van der Waals surface area contributed by atoms with Crippen LogP contribution in [-0.4, -0.2) is 25.7 Å². The van der Waals surface area contributed by atoms with Gasteiger partial charge in [-0.05, 0) is 53.6 Å². The monoisotopic (exact) mass is 416 g/mol. The molecule has 0 spiro atoms. The van der Waals surface area contributed by atoms with Crippen molar-refractivity contribution in [1.29, 1.82) is 0 Å². The quantitative estimate of drug-likeness (QED) is 0.426. The first-order valence-electron chi connectivity index (χ1n) is 8.19. The van der Waals surface area contributed by atoms with Gasteiger partial charge in [-0.2, -0.15) is 0 Å². The Bertz CT molecular complexity index is 1110. The molecule has 0 unspecified atom stereocenters. The number of phenolic OH excluding ortho intramolecular Hbond substituents is 1. The minimum atomic E-state index is -3.56. The maximum Gasteiger partial charge on any atom is 0.255 e. The van der Waals surface area contributed by atoms with Crippen molar-refractivity contribution in [3.63, 3.8) is 0 Å². The van der Waals surface area contributed by atoms with E-state index < -0.39 is 10.0 Å². The third-order valence-corrected chi connectivity index (χ3v) is 4.72. The number of nitrogens with one attached hydrogen (secondary N) is 2. The van der Waals surface area contributed by atoms with Gasteiger partial charge in [0.2, 0.25) is 10.0 Å². The average molecular weight is 417 g/mol. The third kappa shape index (κ3) is 5.03. The standard InChI is InChI=1S/C20H17ClN2O4S/c1-28(26,27)23-18-12-17(10-11-19(18)24)22-20(25)15-4-2-13(3-5-15)14-6-8-16(21)9-7-14/h2-12,23-24H,1H3,(H,22,25). The zero-order chi connectivity index (χ0) is 20.3. The highest BCUT2D eigenvalue weighted by Gasteiger charge is 2.11. The Kier molecular flexibility index (Phi) is 5.58. The Labute approximate surface area is 167 Å². The van der Waals surface area contributed by atoms with E-state index in [0.717, 1.165) is 17.4 Å². The van der Waals surface area contributed by atoms with E-state index in [1.165, 1.54) is 18.2 Å². The number of carbonyl (C=O) groups excluding carboxylic acids is 1. The van der Waals surface area contributed by atoms with Gasteiger partial charge < -0.3 is 10.4 Å². The highest BCUT2D eigenvalue weighted by Crippen LogP contribution is 2.28. The van der Waals surface area contributed by atoms with Gasteiger partial charge in [0.25, 0.3) is 5.91 Å². The molecule has 0 heterocycles. The highest BCUT2D eigenvalue weighted by atomic mass is 35.5. The zero-order valence-corrected chi connectivity index (χ0v) is 16.4. The molecule has 0 saturated carbocycles. The van der Waals surface area contributed by atoms with E-state index in [2.05, 4.69) is 10.0 Å². The number of halogens is 1. The molecule has 3 aromatic rings. The third-order valence-electron chi connectivity index (χ3n) is 3.87. The van der Waals surface area contributed by atoms with Crippen molar-refractivity contribution in [2.75, 3.05) is 16.3 Å². The first-order valence-corrected chi connectivity index (χ1v) is 10.5. The van der Waals surface area contributed by atoms with Gasteiger partial charge in [0.1, 0.15) is 5.75 Å². The van der Waals surface area contributed by atoms with E-state index in [9.17, 15) is 18.3 Å². The van der Waals surface area contributed by atoms with E-state index in [1.807, 2.05) is 24.3 Å². The second-order valence-corrected chi connectivity index (χ2v) is 8.33. The molecule has 1 amide bonds. The van der Waals surface area contributed by atoms with Crippen molar-refractivity contribution in [2.45, 2.75) is 0 Å². The van der Waals surface area contributed by atoms with Crippen LogP contribution in [0.2, 0.25) is 5.02 Å². The number of benzene rings is 3. The van der Waals surface area contributed by atoms with Crippen molar-refractivity contribution in [2.24, 2.45) is 0 Å². The number of aromatic hydroxyl groups is 1. The topological polar surface area (TPSA) is 95.5 Å². The molecule has 0 aromatic heterocycles. The molecule has 0 atom stereocenters. The van der Waals surface area contributed by atoms with Gasteiger partial charge in [-0.25, -0.2) is 8.42 Å². The van der Waals surface area contributed by atoms with E-state index in [4.69, 9.17) is 11.6 Å². The summed E-state index contributed by atoms with van der Waals surface area (Å²) in [6, 6.07) is 18.5. The predicted octanol–water partition coefficient (Wildman–Crippen LogP) is 4.34. The Morgan fingerprint density at radius 3 is 2.07 bits per heavy atom. The van der Waals surface area contributed by atoms with E-state index in [1.54, 1.807) is 24.3 Å². The zero-order valence-electron chi connectivity index (χ0n) is 14.8. The van der Waals surface area contributed by atoms with Crippen LogP contribution >= 0.6 is 11.6 Å². The maximum absolute atomic E-state index is 12.5. The molecule has 0 aliphatic heterocycles. The average Bonchev–Trinajstić information content (AvgIpc) is 2.64. The lowest BCUT2D eigenvalue weighted by molar-refractivity contribution is 0.102. The smallest absolute Gasteiger partial charge is 0.255 e. The van der Waals surface area contributed by atoms with Crippen LogP contribution in [-0.2, 0) is 10.0 Å². The Morgan fingerprint density at radius 2 is 1.50 bits per heavy atom. The predicted molar refractivity (Wildman–Crippen MR) is 111 cm³/mol. The normalized spacial score (nSPS) is 11.1. The van der Waals surface area contributed by atoms with E-state index in [0.29, 0.717) is 16.3 Å². The molecule has 0 saturated heterocycles. The van der Waals surface area contributed by atoms with Gasteiger partial charge in [-0.1, -0.05) is 35.9 Å². The maximum atomic E-state index is 12.5. The summed E-state index contributed by atoms with van der Waals surface area (Å²) >= 11 is 5.89. The number of phenols is 1. The van der Waals surface area contributed by atoms with Gasteiger partial charge in [0, 0.05) is 16.3 Å². The summed E-state index contributed by atoms with van der Waals surface area (Å²) < 4.78 is 24.9. The largest absolute Gasteiger partial charge is 0.506 e. The molecule has 0 radical (unpaired) electrons. The minimum absolute atomic E-state index is 0.0154. The summed E-state index contributed by atoms with van der Waals surface area (Å²) in [6.45, 7) is 0. The summed E-state index contributed by atoms with van der Waals surface area (Å²) in [5.74, 6) is -0.602. The molecule has 0 fully saturated rings. The van der Waals surface area contributed by atoms with Crippen LogP contribution in [0.25, 0.3) is 11.1 Å². The first kappa shape index (κ1) is 19.7. The Hall–Kier alpha value is -3.03. The number of hydrogen-bond acceptors (Lipinski definition) is 4.